The number of para-hydroxylation sites is 4. The van der Waals surface area contributed by atoms with Crippen LogP contribution in [0.1, 0.15) is 0 Å². The van der Waals surface area contributed by atoms with Crippen molar-refractivity contribution in [1.82, 2.24) is 24.1 Å². The predicted octanol–water partition coefficient (Wildman–Crippen LogP) is 11.8. The first kappa shape index (κ1) is 28.2. The van der Waals surface area contributed by atoms with Crippen molar-refractivity contribution in [2.45, 2.75) is 0 Å². The molecule has 0 amide bonds. The Bertz CT molecular complexity index is 2910. The molecule has 11 aromatic rings. The van der Waals surface area contributed by atoms with Crippen molar-refractivity contribution in [2.24, 2.45) is 0 Å². The third-order valence-corrected chi connectivity index (χ3v) is 11.2. The molecule has 51 heavy (non-hydrogen) atoms. The molecule has 0 aliphatic carbocycles. The molecule has 7 aromatic carbocycles. The normalized spacial score (nSPS) is 11.9. The summed E-state index contributed by atoms with van der Waals surface area (Å²) < 4.78 is 6.94. The lowest BCUT2D eigenvalue weighted by molar-refractivity contribution is 0.893. The number of hydrogen-bond acceptors (Lipinski definition) is 4. The predicted molar refractivity (Wildman–Crippen MR) is 212 cm³/mol. The molecule has 0 saturated carbocycles. The largest absolute Gasteiger partial charge is 0.278 e. The van der Waals surface area contributed by atoms with E-state index in [2.05, 4.69) is 173 Å². The van der Waals surface area contributed by atoms with E-state index in [1.165, 1.54) is 25.7 Å². The molecule has 0 fully saturated rings. The first-order valence-corrected chi connectivity index (χ1v) is 17.9. The molecule has 0 radical (unpaired) electrons. The molecular weight excluding hydrogens is 643 g/mol. The summed E-state index contributed by atoms with van der Waals surface area (Å²) in [7, 11) is 0. The zero-order valence-electron chi connectivity index (χ0n) is 27.2. The lowest BCUT2D eigenvalue weighted by atomic mass is 10.0. The van der Waals surface area contributed by atoms with Gasteiger partial charge in [-0.3, -0.25) is 9.13 Å². The highest BCUT2D eigenvalue weighted by Crippen LogP contribution is 2.37. The number of hydrogen-bond donors (Lipinski definition) is 0. The number of fused-ring (bicyclic) bond motifs is 9. The van der Waals surface area contributed by atoms with Crippen LogP contribution in [0.25, 0.3) is 98.2 Å². The maximum absolute atomic E-state index is 5.26. The molecular formula is C45H27N5S. The molecule has 6 heteroatoms. The first-order valence-electron chi connectivity index (χ1n) is 17.0. The smallest absolute Gasteiger partial charge is 0.240 e. The zero-order valence-corrected chi connectivity index (χ0v) is 28.0. The molecule has 0 saturated heterocycles. The van der Waals surface area contributed by atoms with Crippen LogP contribution < -0.4 is 0 Å². The van der Waals surface area contributed by atoms with Crippen LogP contribution >= 0.6 is 11.3 Å². The highest BCUT2D eigenvalue weighted by atomic mass is 32.1. The van der Waals surface area contributed by atoms with E-state index in [1.54, 1.807) is 0 Å². The Labute approximate surface area is 296 Å². The molecule has 5 nitrogen and oxygen atoms in total. The number of aromatic nitrogens is 5. The van der Waals surface area contributed by atoms with Crippen LogP contribution in [-0.4, -0.2) is 24.1 Å². The fourth-order valence-corrected chi connectivity index (χ4v) is 8.82. The third kappa shape index (κ3) is 4.30. The lowest BCUT2D eigenvalue weighted by Gasteiger charge is -2.13. The van der Waals surface area contributed by atoms with Gasteiger partial charge in [-0.05, 0) is 47.5 Å². The van der Waals surface area contributed by atoms with Crippen LogP contribution in [-0.2, 0) is 0 Å². The minimum absolute atomic E-state index is 0.577. The summed E-state index contributed by atoms with van der Waals surface area (Å²) in [4.78, 5) is 15.7. The molecule has 0 aliphatic rings. The van der Waals surface area contributed by atoms with Crippen molar-refractivity contribution >= 4 is 75.1 Å². The summed E-state index contributed by atoms with van der Waals surface area (Å²) in [5.74, 6) is 1.77. The number of rotatable bonds is 4. The topological polar surface area (TPSA) is 48.5 Å². The van der Waals surface area contributed by atoms with E-state index in [4.69, 9.17) is 15.0 Å². The Morgan fingerprint density at radius 3 is 1.27 bits per heavy atom. The summed E-state index contributed by atoms with van der Waals surface area (Å²) in [5.41, 5.74) is 7.47. The van der Waals surface area contributed by atoms with Crippen molar-refractivity contribution < 1.29 is 0 Å². The molecule has 4 aromatic heterocycles. The van der Waals surface area contributed by atoms with Crippen LogP contribution in [0.15, 0.2) is 164 Å². The quantitative estimate of drug-likeness (QED) is 0.187. The second kappa shape index (κ2) is 10.9. The molecule has 0 unspecified atom stereocenters. The fourth-order valence-electron chi connectivity index (χ4n) is 7.68. The number of nitrogens with zero attached hydrogens (tertiary/aromatic N) is 5. The minimum Gasteiger partial charge on any atom is -0.278 e. The Balaban J connectivity index is 1.12. The van der Waals surface area contributed by atoms with Gasteiger partial charge in [-0.15, -0.1) is 11.3 Å². The van der Waals surface area contributed by atoms with E-state index in [-0.39, 0.29) is 0 Å². The average molecular weight is 670 g/mol. The van der Waals surface area contributed by atoms with E-state index >= 15 is 0 Å². The van der Waals surface area contributed by atoms with Crippen LogP contribution in [0.2, 0.25) is 0 Å². The van der Waals surface area contributed by atoms with Crippen molar-refractivity contribution in [2.75, 3.05) is 0 Å². The standard InChI is InChI=1S/C45H27N5S/c1-6-16-37-31(11-1)32-12-2-7-17-38(32)49(37)44-46-43(47-45(48-44)50-39-18-8-3-13-33(39)34-14-4-9-19-40(34)50)29-23-21-28(22-24-29)30-25-26-36-35-15-5-10-20-41(35)51-42(36)27-30/h1-27H. The van der Waals surface area contributed by atoms with Crippen molar-refractivity contribution in [3.63, 3.8) is 0 Å². The van der Waals surface area contributed by atoms with Crippen molar-refractivity contribution in [3.05, 3.63) is 164 Å². The zero-order chi connectivity index (χ0) is 33.5. The fraction of sp³-hybridized carbons (Fsp3) is 0. The van der Waals surface area contributed by atoms with Crippen molar-refractivity contribution in [1.29, 1.82) is 0 Å². The maximum atomic E-state index is 5.26. The second-order valence-corrected chi connectivity index (χ2v) is 14.0. The highest BCUT2D eigenvalue weighted by Gasteiger charge is 2.20. The van der Waals surface area contributed by atoms with E-state index in [0.29, 0.717) is 17.7 Å². The Kier molecular flexibility index (Phi) is 6.05. The minimum atomic E-state index is 0.577. The molecule has 11 rings (SSSR count). The third-order valence-electron chi connectivity index (χ3n) is 10.0. The monoisotopic (exact) mass is 669 g/mol. The Morgan fingerprint density at radius 2 is 0.745 bits per heavy atom. The molecule has 0 N–H and O–H groups in total. The SMILES string of the molecule is c1ccc2c(c1)sc1cc(-c3ccc(-c4nc(-n5c6ccccc6c6ccccc65)nc(-n5c6ccccc6c6ccccc65)n4)cc3)ccc12. The molecule has 0 atom stereocenters. The van der Waals surface area contributed by atoms with Gasteiger partial charge in [0, 0.05) is 47.3 Å². The summed E-state index contributed by atoms with van der Waals surface area (Å²) in [5, 5.41) is 7.26. The van der Waals surface area contributed by atoms with E-state index in [0.717, 1.165) is 54.7 Å². The maximum Gasteiger partial charge on any atom is 0.240 e. The van der Waals surface area contributed by atoms with Gasteiger partial charge in [0.1, 0.15) is 0 Å². The molecule has 0 bridgehead atoms. The van der Waals surface area contributed by atoms with Gasteiger partial charge in [0.2, 0.25) is 11.9 Å². The van der Waals surface area contributed by atoms with Gasteiger partial charge in [-0.2, -0.15) is 15.0 Å². The van der Waals surface area contributed by atoms with Crippen LogP contribution in [0.4, 0.5) is 0 Å². The lowest BCUT2D eigenvalue weighted by Crippen LogP contribution is -2.10. The molecule has 238 valence electrons. The van der Waals surface area contributed by atoms with Gasteiger partial charge >= 0.3 is 0 Å². The van der Waals surface area contributed by atoms with Gasteiger partial charge in [-0.1, -0.05) is 127 Å². The highest BCUT2D eigenvalue weighted by molar-refractivity contribution is 7.25. The molecule has 0 spiro atoms. The van der Waals surface area contributed by atoms with Gasteiger partial charge in [0.15, 0.2) is 5.82 Å². The molecule has 4 heterocycles. The van der Waals surface area contributed by atoms with E-state index < -0.39 is 0 Å². The van der Waals surface area contributed by atoms with E-state index in [9.17, 15) is 0 Å². The molecule has 0 aliphatic heterocycles. The van der Waals surface area contributed by atoms with Crippen LogP contribution in [0, 0.1) is 0 Å². The number of thiophene rings is 1. The van der Waals surface area contributed by atoms with Gasteiger partial charge < -0.3 is 0 Å². The summed E-state index contributed by atoms with van der Waals surface area (Å²) in [6.07, 6.45) is 0. The summed E-state index contributed by atoms with van der Waals surface area (Å²) in [6.45, 7) is 0. The van der Waals surface area contributed by atoms with Gasteiger partial charge in [-0.25, -0.2) is 0 Å². The summed E-state index contributed by atoms with van der Waals surface area (Å²) in [6, 6.07) is 57.9. The van der Waals surface area contributed by atoms with E-state index in [1.807, 2.05) is 11.3 Å². The van der Waals surface area contributed by atoms with Gasteiger partial charge in [0.05, 0.1) is 22.1 Å². The van der Waals surface area contributed by atoms with Crippen molar-refractivity contribution in [3.8, 4) is 34.4 Å². The summed E-state index contributed by atoms with van der Waals surface area (Å²) >= 11 is 1.84. The number of benzene rings is 7. The Hall–Kier alpha value is -6.63. The Morgan fingerprint density at radius 1 is 0.333 bits per heavy atom. The second-order valence-electron chi connectivity index (χ2n) is 12.9. The van der Waals surface area contributed by atoms with Crippen LogP contribution in [0.5, 0.6) is 0 Å². The van der Waals surface area contributed by atoms with Gasteiger partial charge in [0.25, 0.3) is 0 Å². The first-order chi connectivity index (χ1) is 25.3. The average Bonchev–Trinajstić information content (AvgIpc) is 3.85. The van der Waals surface area contributed by atoms with Crippen LogP contribution in [0.3, 0.4) is 0 Å².